The molecule has 1 aliphatic carbocycles. The third kappa shape index (κ3) is 5.22. The smallest absolute Gasteiger partial charge is 0.224 e. The fraction of sp³-hybridized carbons (Fsp3) is 0.500. The Hall–Kier alpha value is -2.61. The molecule has 8 heteroatoms. The molecular formula is C20H26FN5O2. The lowest BCUT2D eigenvalue weighted by molar-refractivity contribution is 0.112. The molecule has 1 fully saturated rings. The van der Waals surface area contributed by atoms with E-state index in [1.807, 2.05) is 0 Å². The maximum atomic E-state index is 13.5. The van der Waals surface area contributed by atoms with Crippen molar-refractivity contribution >= 4 is 18.1 Å². The molecule has 0 spiro atoms. The Kier molecular flexibility index (Phi) is 6.86. The van der Waals surface area contributed by atoms with E-state index in [2.05, 4.69) is 25.6 Å². The maximum absolute atomic E-state index is 13.5. The molecule has 0 bridgehead atoms. The van der Waals surface area contributed by atoms with Crippen molar-refractivity contribution in [1.82, 2.24) is 15.0 Å². The number of aliphatic hydroxyl groups excluding tert-OH is 1. The zero-order valence-corrected chi connectivity index (χ0v) is 15.9. The summed E-state index contributed by atoms with van der Waals surface area (Å²) in [5.74, 6) is 0.958. The summed E-state index contributed by atoms with van der Waals surface area (Å²) in [5, 5.41) is 16.1. The number of nitrogens with zero attached hydrogens (tertiary/aromatic N) is 3. The quantitative estimate of drug-likeness (QED) is 0.598. The fourth-order valence-electron chi connectivity index (χ4n) is 3.16. The van der Waals surface area contributed by atoms with Gasteiger partial charge in [-0.1, -0.05) is 6.92 Å². The van der Waals surface area contributed by atoms with E-state index in [0.29, 0.717) is 35.0 Å². The number of rotatable bonds is 8. The number of aldehydes is 1. The molecule has 1 aliphatic rings. The molecular weight excluding hydrogens is 361 g/mol. The molecule has 1 atom stereocenters. The molecule has 7 nitrogen and oxygen atoms in total. The Morgan fingerprint density at radius 1 is 1.25 bits per heavy atom. The first-order valence-electron chi connectivity index (χ1n) is 9.70. The van der Waals surface area contributed by atoms with Gasteiger partial charge in [0.2, 0.25) is 5.95 Å². The highest BCUT2D eigenvalue weighted by atomic mass is 19.1. The van der Waals surface area contributed by atoms with E-state index in [-0.39, 0.29) is 18.7 Å². The van der Waals surface area contributed by atoms with Crippen molar-refractivity contribution in [2.45, 2.75) is 57.3 Å². The van der Waals surface area contributed by atoms with Crippen LogP contribution in [0.3, 0.4) is 0 Å². The first-order chi connectivity index (χ1) is 13.6. The van der Waals surface area contributed by atoms with Crippen molar-refractivity contribution < 1.29 is 14.3 Å². The van der Waals surface area contributed by atoms with Crippen molar-refractivity contribution in [3.05, 3.63) is 30.1 Å². The summed E-state index contributed by atoms with van der Waals surface area (Å²) < 4.78 is 13.5. The second-order valence-electron chi connectivity index (χ2n) is 7.09. The van der Waals surface area contributed by atoms with Crippen LogP contribution < -0.4 is 10.6 Å². The van der Waals surface area contributed by atoms with Crippen molar-refractivity contribution in [3.63, 3.8) is 0 Å². The van der Waals surface area contributed by atoms with Crippen LogP contribution in [0.15, 0.2) is 24.5 Å². The van der Waals surface area contributed by atoms with Crippen LogP contribution in [0.4, 0.5) is 16.2 Å². The van der Waals surface area contributed by atoms with E-state index >= 15 is 0 Å². The highest BCUT2D eigenvalue weighted by molar-refractivity contribution is 5.77. The van der Waals surface area contributed by atoms with Gasteiger partial charge >= 0.3 is 0 Å². The van der Waals surface area contributed by atoms with E-state index < -0.39 is 6.17 Å². The van der Waals surface area contributed by atoms with Gasteiger partial charge in [-0.25, -0.2) is 9.37 Å². The normalized spacial score (nSPS) is 20.4. The SMILES string of the molecule is CCC(F)CNc1ncc(-c2ccc(C=O)cn2)c(NC2CCC(O)CC2)n1. The Balaban J connectivity index is 1.84. The van der Waals surface area contributed by atoms with E-state index in [9.17, 15) is 14.3 Å². The lowest BCUT2D eigenvalue weighted by atomic mass is 9.93. The van der Waals surface area contributed by atoms with E-state index in [1.165, 1.54) is 6.20 Å². The van der Waals surface area contributed by atoms with Crippen LogP contribution in [0.2, 0.25) is 0 Å². The summed E-state index contributed by atoms with van der Waals surface area (Å²) in [4.78, 5) is 24.0. The molecule has 0 amide bonds. The van der Waals surface area contributed by atoms with Crippen molar-refractivity contribution in [2.24, 2.45) is 0 Å². The number of anilines is 2. The first kappa shape index (κ1) is 20.1. The van der Waals surface area contributed by atoms with Crippen molar-refractivity contribution in [3.8, 4) is 11.3 Å². The van der Waals surface area contributed by atoms with Crippen LogP contribution in [0.5, 0.6) is 0 Å². The molecule has 1 saturated carbocycles. The Morgan fingerprint density at radius 2 is 2.04 bits per heavy atom. The topological polar surface area (TPSA) is 100 Å². The monoisotopic (exact) mass is 387 g/mol. The summed E-state index contributed by atoms with van der Waals surface area (Å²) in [6, 6.07) is 3.63. The third-order valence-electron chi connectivity index (χ3n) is 4.95. The van der Waals surface area contributed by atoms with Crippen LogP contribution in [0.1, 0.15) is 49.4 Å². The summed E-state index contributed by atoms with van der Waals surface area (Å²) in [6.07, 6.45) is 6.29. The minimum absolute atomic E-state index is 0.150. The molecule has 28 heavy (non-hydrogen) atoms. The maximum Gasteiger partial charge on any atom is 0.224 e. The predicted molar refractivity (Wildman–Crippen MR) is 106 cm³/mol. The number of aliphatic hydroxyl groups is 1. The predicted octanol–water partition coefficient (Wildman–Crippen LogP) is 3.23. The molecule has 0 aromatic carbocycles. The number of hydrogen-bond donors (Lipinski definition) is 3. The highest BCUT2D eigenvalue weighted by Gasteiger charge is 2.21. The number of nitrogens with one attached hydrogen (secondary N) is 2. The summed E-state index contributed by atoms with van der Waals surface area (Å²) in [5.41, 5.74) is 1.85. The van der Waals surface area contributed by atoms with Crippen LogP contribution in [-0.2, 0) is 0 Å². The number of halogens is 1. The van der Waals surface area contributed by atoms with Crippen LogP contribution >= 0.6 is 0 Å². The van der Waals surface area contributed by atoms with Gasteiger partial charge in [0.05, 0.1) is 17.4 Å². The Morgan fingerprint density at radius 3 is 2.68 bits per heavy atom. The molecule has 2 heterocycles. The molecule has 1 unspecified atom stereocenters. The van der Waals surface area contributed by atoms with Crippen molar-refractivity contribution in [2.75, 3.05) is 17.2 Å². The van der Waals surface area contributed by atoms with E-state index in [0.717, 1.165) is 32.0 Å². The van der Waals surface area contributed by atoms with E-state index in [1.54, 1.807) is 25.3 Å². The molecule has 2 aromatic rings. The second kappa shape index (κ2) is 9.54. The first-order valence-corrected chi connectivity index (χ1v) is 9.70. The minimum atomic E-state index is -0.961. The number of aromatic nitrogens is 3. The zero-order chi connectivity index (χ0) is 19.9. The van der Waals surface area contributed by atoms with Crippen molar-refractivity contribution in [1.29, 1.82) is 0 Å². The van der Waals surface area contributed by atoms with Gasteiger partial charge in [-0.05, 0) is 44.2 Å². The molecule has 0 radical (unpaired) electrons. The van der Waals surface area contributed by atoms with Gasteiger partial charge in [0.25, 0.3) is 0 Å². The van der Waals surface area contributed by atoms with Gasteiger partial charge in [0.1, 0.15) is 12.0 Å². The number of pyridine rings is 1. The number of alkyl halides is 1. The van der Waals surface area contributed by atoms with Gasteiger partial charge in [-0.15, -0.1) is 0 Å². The van der Waals surface area contributed by atoms with Gasteiger partial charge in [0, 0.05) is 30.5 Å². The third-order valence-corrected chi connectivity index (χ3v) is 4.95. The summed E-state index contributed by atoms with van der Waals surface area (Å²) in [7, 11) is 0. The number of carbonyl (C=O) groups is 1. The van der Waals surface area contributed by atoms with Crippen LogP contribution in [0, 0.1) is 0 Å². The minimum Gasteiger partial charge on any atom is -0.393 e. The van der Waals surface area contributed by atoms with Gasteiger partial charge in [0.15, 0.2) is 6.29 Å². The zero-order valence-electron chi connectivity index (χ0n) is 15.9. The number of carbonyl (C=O) groups excluding carboxylic acids is 1. The lowest BCUT2D eigenvalue weighted by Gasteiger charge is -2.27. The molecule has 2 aromatic heterocycles. The molecule has 0 aliphatic heterocycles. The highest BCUT2D eigenvalue weighted by Crippen LogP contribution is 2.29. The summed E-state index contributed by atoms with van der Waals surface area (Å²) in [6.45, 7) is 1.94. The standard InChI is InChI=1S/C20H26FN5O2/c1-2-14(21)10-23-20-24-11-17(18-8-3-13(12-27)9-22-18)19(26-20)25-15-4-6-16(28)7-5-15/h3,8-9,11-12,14-16,28H,2,4-7,10H2,1H3,(H2,23,24,25,26). The average molecular weight is 387 g/mol. The van der Waals surface area contributed by atoms with E-state index in [4.69, 9.17) is 0 Å². The molecule has 3 N–H and O–H groups in total. The van der Waals surface area contributed by atoms with Gasteiger partial charge in [-0.2, -0.15) is 4.98 Å². The molecule has 0 saturated heterocycles. The Labute approximate surface area is 163 Å². The number of hydrogen-bond acceptors (Lipinski definition) is 7. The fourth-order valence-corrected chi connectivity index (χ4v) is 3.16. The van der Waals surface area contributed by atoms with Gasteiger partial charge < -0.3 is 15.7 Å². The van der Waals surface area contributed by atoms with Crippen LogP contribution in [0.25, 0.3) is 11.3 Å². The average Bonchev–Trinajstić information content (AvgIpc) is 2.74. The van der Waals surface area contributed by atoms with Crippen LogP contribution in [-0.4, -0.2) is 51.2 Å². The largest absolute Gasteiger partial charge is 0.393 e. The Bertz CT molecular complexity index is 779. The summed E-state index contributed by atoms with van der Waals surface area (Å²) >= 11 is 0. The molecule has 3 rings (SSSR count). The second-order valence-corrected chi connectivity index (χ2v) is 7.09. The molecule has 150 valence electrons. The van der Waals surface area contributed by atoms with Gasteiger partial charge in [-0.3, -0.25) is 9.78 Å². The lowest BCUT2D eigenvalue weighted by Crippen LogP contribution is -2.29.